The fourth-order valence-electron chi connectivity index (χ4n) is 2.70. The standard InChI is InChI=1S/C11H21NOS/c1-11(8-13)5-10(6-12-11)4-9-2-3-14-7-9/h9-10,12-13H,2-8H2,1H3. The van der Waals surface area contributed by atoms with Crippen LogP contribution in [-0.4, -0.2) is 35.3 Å². The Bertz CT molecular complexity index is 194. The highest BCUT2D eigenvalue weighted by Gasteiger charge is 2.35. The van der Waals surface area contributed by atoms with E-state index in [9.17, 15) is 5.11 Å². The van der Waals surface area contributed by atoms with E-state index in [1.165, 1.54) is 24.3 Å². The van der Waals surface area contributed by atoms with Crippen LogP contribution in [0.5, 0.6) is 0 Å². The van der Waals surface area contributed by atoms with E-state index in [0.29, 0.717) is 0 Å². The lowest BCUT2D eigenvalue weighted by atomic mass is 9.88. The maximum Gasteiger partial charge on any atom is 0.0610 e. The highest BCUT2D eigenvalue weighted by atomic mass is 32.2. The zero-order chi connectivity index (χ0) is 10.0. The zero-order valence-corrected chi connectivity index (χ0v) is 9.78. The number of aliphatic hydroxyl groups excluding tert-OH is 1. The molecule has 2 rings (SSSR count). The number of thioether (sulfide) groups is 1. The molecule has 2 N–H and O–H groups in total. The summed E-state index contributed by atoms with van der Waals surface area (Å²) in [6.45, 7) is 3.53. The van der Waals surface area contributed by atoms with Gasteiger partial charge in [-0.3, -0.25) is 0 Å². The van der Waals surface area contributed by atoms with E-state index in [-0.39, 0.29) is 12.1 Å². The van der Waals surface area contributed by atoms with E-state index >= 15 is 0 Å². The van der Waals surface area contributed by atoms with Crippen molar-refractivity contribution in [1.82, 2.24) is 5.32 Å². The molecule has 0 aromatic rings. The van der Waals surface area contributed by atoms with Crippen molar-refractivity contribution in [2.45, 2.75) is 31.7 Å². The van der Waals surface area contributed by atoms with E-state index in [2.05, 4.69) is 24.0 Å². The molecule has 2 saturated heterocycles. The van der Waals surface area contributed by atoms with Gasteiger partial charge in [0.25, 0.3) is 0 Å². The number of hydrogen-bond acceptors (Lipinski definition) is 3. The summed E-state index contributed by atoms with van der Waals surface area (Å²) < 4.78 is 0. The first-order valence-corrected chi connectivity index (χ1v) is 6.81. The van der Waals surface area contributed by atoms with E-state index in [1.54, 1.807) is 0 Å². The van der Waals surface area contributed by atoms with Gasteiger partial charge >= 0.3 is 0 Å². The molecule has 0 amide bonds. The summed E-state index contributed by atoms with van der Waals surface area (Å²) in [5.41, 5.74) is 0.0103. The summed E-state index contributed by atoms with van der Waals surface area (Å²) in [4.78, 5) is 0. The molecule has 14 heavy (non-hydrogen) atoms. The van der Waals surface area contributed by atoms with E-state index in [1.807, 2.05) is 0 Å². The number of rotatable bonds is 3. The molecule has 2 heterocycles. The van der Waals surface area contributed by atoms with Crippen LogP contribution in [0.15, 0.2) is 0 Å². The summed E-state index contributed by atoms with van der Waals surface area (Å²) in [6, 6.07) is 0. The quantitative estimate of drug-likeness (QED) is 0.748. The Morgan fingerprint density at radius 1 is 1.50 bits per heavy atom. The third-order valence-corrected chi connectivity index (χ3v) is 4.83. The molecule has 0 aromatic heterocycles. The van der Waals surface area contributed by atoms with Crippen LogP contribution in [0, 0.1) is 11.8 Å². The molecule has 0 aliphatic carbocycles. The van der Waals surface area contributed by atoms with Gasteiger partial charge in [0.1, 0.15) is 0 Å². The van der Waals surface area contributed by atoms with Gasteiger partial charge in [-0.15, -0.1) is 0 Å². The number of hydrogen-bond donors (Lipinski definition) is 2. The lowest BCUT2D eigenvalue weighted by Gasteiger charge is -2.21. The molecule has 2 fully saturated rings. The molecule has 0 bridgehead atoms. The molecule has 0 spiro atoms. The Kier molecular flexibility index (Phi) is 3.40. The molecule has 0 saturated carbocycles. The van der Waals surface area contributed by atoms with E-state index in [4.69, 9.17) is 0 Å². The minimum absolute atomic E-state index is 0.0103. The van der Waals surface area contributed by atoms with Gasteiger partial charge in [0, 0.05) is 5.54 Å². The van der Waals surface area contributed by atoms with Crippen LogP contribution in [0.2, 0.25) is 0 Å². The molecule has 2 nitrogen and oxygen atoms in total. The van der Waals surface area contributed by atoms with Crippen molar-refractivity contribution in [2.24, 2.45) is 11.8 Å². The predicted molar refractivity (Wildman–Crippen MR) is 61.6 cm³/mol. The van der Waals surface area contributed by atoms with Gasteiger partial charge in [0.15, 0.2) is 0 Å². The van der Waals surface area contributed by atoms with Gasteiger partial charge in [-0.1, -0.05) is 0 Å². The monoisotopic (exact) mass is 215 g/mol. The smallest absolute Gasteiger partial charge is 0.0610 e. The van der Waals surface area contributed by atoms with Crippen molar-refractivity contribution in [2.75, 3.05) is 24.7 Å². The fraction of sp³-hybridized carbons (Fsp3) is 1.00. The van der Waals surface area contributed by atoms with Crippen LogP contribution in [-0.2, 0) is 0 Å². The van der Waals surface area contributed by atoms with Crippen molar-refractivity contribution in [3.8, 4) is 0 Å². The van der Waals surface area contributed by atoms with Gasteiger partial charge in [0.2, 0.25) is 0 Å². The maximum absolute atomic E-state index is 9.24. The van der Waals surface area contributed by atoms with Gasteiger partial charge < -0.3 is 10.4 Å². The van der Waals surface area contributed by atoms with Gasteiger partial charge in [-0.05, 0) is 56.1 Å². The van der Waals surface area contributed by atoms with Crippen LogP contribution >= 0.6 is 11.8 Å². The van der Waals surface area contributed by atoms with Crippen molar-refractivity contribution in [1.29, 1.82) is 0 Å². The summed E-state index contributed by atoms with van der Waals surface area (Å²) in [6.07, 6.45) is 3.94. The van der Waals surface area contributed by atoms with Crippen LogP contribution in [0.4, 0.5) is 0 Å². The van der Waals surface area contributed by atoms with Gasteiger partial charge in [-0.2, -0.15) is 11.8 Å². The lowest BCUT2D eigenvalue weighted by molar-refractivity contribution is 0.187. The average molecular weight is 215 g/mol. The minimum Gasteiger partial charge on any atom is -0.394 e. The van der Waals surface area contributed by atoms with Crippen molar-refractivity contribution in [3.63, 3.8) is 0 Å². The second-order valence-corrected chi connectivity index (χ2v) is 6.28. The first kappa shape index (κ1) is 10.8. The van der Waals surface area contributed by atoms with Crippen molar-refractivity contribution < 1.29 is 5.11 Å². The average Bonchev–Trinajstić information content (AvgIpc) is 2.78. The Morgan fingerprint density at radius 2 is 2.36 bits per heavy atom. The third kappa shape index (κ3) is 2.44. The largest absolute Gasteiger partial charge is 0.394 e. The maximum atomic E-state index is 9.24. The van der Waals surface area contributed by atoms with Crippen molar-refractivity contribution >= 4 is 11.8 Å². The van der Waals surface area contributed by atoms with E-state index < -0.39 is 0 Å². The van der Waals surface area contributed by atoms with Crippen LogP contribution < -0.4 is 5.32 Å². The Morgan fingerprint density at radius 3 is 2.93 bits per heavy atom. The lowest BCUT2D eigenvalue weighted by Crippen LogP contribution is -2.39. The minimum atomic E-state index is 0.0103. The van der Waals surface area contributed by atoms with Crippen molar-refractivity contribution in [3.05, 3.63) is 0 Å². The first-order chi connectivity index (χ1) is 6.72. The predicted octanol–water partition coefficient (Wildman–Crippen LogP) is 1.49. The second kappa shape index (κ2) is 4.42. The highest BCUT2D eigenvalue weighted by Crippen LogP contribution is 2.34. The summed E-state index contributed by atoms with van der Waals surface area (Å²) in [7, 11) is 0. The molecule has 0 aromatic carbocycles. The SMILES string of the molecule is CC1(CO)CC(CC2CCSC2)CN1. The Balaban J connectivity index is 1.78. The zero-order valence-electron chi connectivity index (χ0n) is 8.96. The fourth-order valence-corrected chi connectivity index (χ4v) is 4.00. The molecule has 3 heteroatoms. The molecular weight excluding hydrogens is 194 g/mol. The topological polar surface area (TPSA) is 32.3 Å². The summed E-state index contributed by atoms with van der Waals surface area (Å²) >= 11 is 2.10. The highest BCUT2D eigenvalue weighted by molar-refractivity contribution is 7.99. The van der Waals surface area contributed by atoms with Crippen LogP contribution in [0.1, 0.15) is 26.2 Å². The number of nitrogens with one attached hydrogen (secondary N) is 1. The summed E-state index contributed by atoms with van der Waals surface area (Å²) in [5, 5.41) is 12.7. The van der Waals surface area contributed by atoms with E-state index in [0.717, 1.165) is 24.8 Å². The molecule has 0 radical (unpaired) electrons. The second-order valence-electron chi connectivity index (χ2n) is 5.14. The van der Waals surface area contributed by atoms with Crippen LogP contribution in [0.25, 0.3) is 0 Å². The molecule has 82 valence electrons. The Labute approximate surface area is 90.8 Å². The molecule has 3 unspecified atom stereocenters. The third-order valence-electron chi connectivity index (χ3n) is 3.60. The number of aliphatic hydroxyl groups is 1. The molecular formula is C11H21NOS. The molecule has 2 aliphatic heterocycles. The normalized spacial score (nSPS) is 43.3. The molecule has 2 aliphatic rings. The van der Waals surface area contributed by atoms with Gasteiger partial charge in [-0.25, -0.2) is 0 Å². The molecule has 3 atom stereocenters. The first-order valence-electron chi connectivity index (χ1n) is 5.65. The Hall–Kier alpha value is 0.270. The van der Waals surface area contributed by atoms with Crippen LogP contribution in [0.3, 0.4) is 0 Å². The summed E-state index contributed by atoms with van der Waals surface area (Å²) in [5.74, 6) is 4.48. The van der Waals surface area contributed by atoms with Gasteiger partial charge in [0.05, 0.1) is 6.61 Å².